The van der Waals surface area contributed by atoms with E-state index in [-0.39, 0.29) is 0 Å². The number of aliphatic hydroxyl groups is 2. The molecular weight excluding hydrogens is 212 g/mol. The molecule has 0 aliphatic heterocycles. The van der Waals surface area contributed by atoms with Gasteiger partial charge in [-0.25, -0.2) is 0 Å². The van der Waals surface area contributed by atoms with Crippen molar-refractivity contribution in [1.82, 2.24) is 0 Å². The highest BCUT2D eigenvalue weighted by Crippen LogP contribution is 2.32. The first-order valence-electron chi connectivity index (χ1n) is 7.60. The highest BCUT2D eigenvalue weighted by molar-refractivity contribution is 4.73. The van der Waals surface area contributed by atoms with Gasteiger partial charge in [0, 0.05) is 13.2 Å². The summed E-state index contributed by atoms with van der Waals surface area (Å²) in [5.74, 6) is 1.36. The van der Waals surface area contributed by atoms with Crippen LogP contribution in [0.1, 0.15) is 70.6 Å². The molecule has 1 saturated carbocycles. The number of unbranched alkanes of at least 4 members (excludes halogenated alkanes) is 4. The molecule has 1 rings (SSSR count). The average molecular weight is 242 g/mol. The van der Waals surface area contributed by atoms with Crippen molar-refractivity contribution in [2.24, 2.45) is 11.8 Å². The predicted octanol–water partition coefficient (Wildman–Crippen LogP) is 3.51. The average Bonchev–Trinajstić information content (AvgIpc) is 2.39. The van der Waals surface area contributed by atoms with E-state index in [9.17, 15) is 5.11 Å². The van der Waals surface area contributed by atoms with Gasteiger partial charge >= 0.3 is 0 Å². The minimum Gasteiger partial charge on any atom is -0.396 e. The summed E-state index contributed by atoms with van der Waals surface area (Å²) in [4.78, 5) is 0. The third-order valence-corrected chi connectivity index (χ3v) is 4.28. The molecule has 1 aliphatic rings. The number of hydrogen-bond donors (Lipinski definition) is 2. The molecule has 17 heavy (non-hydrogen) atoms. The van der Waals surface area contributed by atoms with Crippen molar-refractivity contribution < 1.29 is 10.2 Å². The van der Waals surface area contributed by atoms with Gasteiger partial charge in [0.1, 0.15) is 0 Å². The topological polar surface area (TPSA) is 40.5 Å². The fraction of sp³-hybridized carbons (Fsp3) is 1.00. The van der Waals surface area contributed by atoms with Crippen LogP contribution in [0.3, 0.4) is 0 Å². The SMILES string of the molecule is OCCCCCCCC(CO)C1CCCCC1. The molecule has 0 radical (unpaired) electrons. The van der Waals surface area contributed by atoms with Crippen LogP contribution in [0, 0.1) is 11.8 Å². The lowest BCUT2D eigenvalue weighted by Gasteiger charge is -2.29. The van der Waals surface area contributed by atoms with Crippen molar-refractivity contribution in [3.8, 4) is 0 Å². The van der Waals surface area contributed by atoms with Gasteiger partial charge in [-0.2, -0.15) is 0 Å². The summed E-state index contributed by atoms with van der Waals surface area (Å²) < 4.78 is 0. The molecule has 2 N–H and O–H groups in total. The van der Waals surface area contributed by atoms with Gasteiger partial charge < -0.3 is 10.2 Å². The molecule has 1 aliphatic carbocycles. The molecule has 2 heteroatoms. The fourth-order valence-electron chi connectivity index (χ4n) is 3.13. The quantitative estimate of drug-likeness (QED) is 0.607. The van der Waals surface area contributed by atoms with Crippen molar-refractivity contribution in [3.63, 3.8) is 0 Å². The highest BCUT2D eigenvalue weighted by atomic mass is 16.3. The Bertz CT molecular complexity index is 164. The summed E-state index contributed by atoms with van der Waals surface area (Å²) in [5, 5.41) is 18.2. The molecule has 0 aromatic carbocycles. The lowest BCUT2D eigenvalue weighted by molar-refractivity contribution is 0.137. The number of aliphatic hydroxyl groups excluding tert-OH is 2. The minimum atomic E-state index is 0.335. The van der Waals surface area contributed by atoms with E-state index in [4.69, 9.17) is 5.11 Å². The maximum atomic E-state index is 9.49. The molecule has 102 valence electrons. The van der Waals surface area contributed by atoms with E-state index in [1.54, 1.807) is 0 Å². The van der Waals surface area contributed by atoms with Gasteiger partial charge in [0.05, 0.1) is 0 Å². The van der Waals surface area contributed by atoms with Crippen LogP contribution < -0.4 is 0 Å². The zero-order valence-electron chi connectivity index (χ0n) is 11.2. The Morgan fingerprint density at radius 1 is 0.824 bits per heavy atom. The highest BCUT2D eigenvalue weighted by Gasteiger charge is 2.22. The van der Waals surface area contributed by atoms with Crippen LogP contribution in [0.25, 0.3) is 0 Å². The zero-order valence-corrected chi connectivity index (χ0v) is 11.2. The van der Waals surface area contributed by atoms with Gasteiger partial charge in [-0.1, -0.05) is 57.8 Å². The van der Waals surface area contributed by atoms with E-state index in [0.29, 0.717) is 19.1 Å². The molecule has 1 fully saturated rings. The van der Waals surface area contributed by atoms with Crippen molar-refractivity contribution in [2.75, 3.05) is 13.2 Å². The Morgan fingerprint density at radius 3 is 2.12 bits per heavy atom. The molecule has 0 aromatic heterocycles. The molecule has 0 saturated heterocycles. The fourth-order valence-corrected chi connectivity index (χ4v) is 3.13. The molecule has 0 aromatic rings. The van der Waals surface area contributed by atoms with Gasteiger partial charge in [0.25, 0.3) is 0 Å². The Labute approximate surface area is 106 Å². The van der Waals surface area contributed by atoms with Crippen LogP contribution in [-0.2, 0) is 0 Å². The number of rotatable bonds is 9. The van der Waals surface area contributed by atoms with Crippen LogP contribution in [0.4, 0.5) is 0 Å². The lowest BCUT2D eigenvalue weighted by Crippen LogP contribution is -2.21. The van der Waals surface area contributed by atoms with Crippen molar-refractivity contribution in [2.45, 2.75) is 70.6 Å². The zero-order chi connectivity index (χ0) is 12.3. The maximum Gasteiger partial charge on any atom is 0.0461 e. The summed E-state index contributed by atoms with van der Waals surface area (Å²) in [6, 6.07) is 0. The second-order valence-corrected chi connectivity index (χ2v) is 5.62. The van der Waals surface area contributed by atoms with E-state index in [1.165, 1.54) is 57.8 Å². The van der Waals surface area contributed by atoms with E-state index in [0.717, 1.165) is 18.8 Å². The summed E-state index contributed by atoms with van der Waals surface area (Å²) in [6.07, 6.45) is 13.9. The Balaban J connectivity index is 2.05. The van der Waals surface area contributed by atoms with Crippen LogP contribution in [0.2, 0.25) is 0 Å². The summed E-state index contributed by atoms with van der Waals surface area (Å²) >= 11 is 0. The normalized spacial score (nSPS) is 19.4. The summed E-state index contributed by atoms with van der Waals surface area (Å²) in [5.41, 5.74) is 0. The van der Waals surface area contributed by atoms with E-state index in [2.05, 4.69) is 0 Å². The summed E-state index contributed by atoms with van der Waals surface area (Å²) in [7, 11) is 0. The van der Waals surface area contributed by atoms with Crippen LogP contribution in [-0.4, -0.2) is 23.4 Å². The molecule has 1 unspecified atom stereocenters. The molecule has 0 spiro atoms. The molecule has 0 amide bonds. The van der Waals surface area contributed by atoms with Gasteiger partial charge in [-0.05, 0) is 24.7 Å². The second-order valence-electron chi connectivity index (χ2n) is 5.62. The minimum absolute atomic E-state index is 0.335. The monoisotopic (exact) mass is 242 g/mol. The van der Waals surface area contributed by atoms with Gasteiger partial charge in [-0.15, -0.1) is 0 Å². The van der Waals surface area contributed by atoms with Crippen LogP contribution >= 0.6 is 0 Å². The Hall–Kier alpha value is -0.0800. The van der Waals surface area contributed by atoms with E-state index in [1.807, 2.05) is 0 Å². The number of hydrogen-bond acceptors (Lipinski definition) is 2. The van der Waals surface area contributed by atoms with E-state index >= 15 is 0 Å². The van der Waals surface area contributed by atoms with E-state index < -0.39 is 0 Å². The first-order valence-corrected chi connectivity index (χ1v) is 7.60. The molecular formula is C15H30O2. The van der Waals surface area contributed by atoms with Crippen molar-refractivity contribution in [3.05, 3.63) is 0 Å². The molecule has 0 heterocycles. The first kappa shape index (κ1) is 15.0. The smallest absolute Gasteiger partial charge is 0.0461 e. The molecule has 2 nitrogen and oxygen atoms in total. The Morgan fingerprint density at radius 2 is 1.47 bits per heavy atom. The maximum absolute atomic E-state index is 9.49. The third-order valence-electron chi connectivity index (χ3n) is 4.28. The van der Waals surface area contributed by atoms with Gasteiger partial charge in [0.2, 0.25) is 0 Å². The van der Waals surface area contributed by atoms with Gasteiger partial charge in [0.15, 0.2) is 0 Å². The van der Waals surface area contributed by atoms with Crippen LogP contribution in [0.5, 0.6) is 0 Å². The lowest BCUT2D eigenvalue weighted by atomic mass is 9.78. The third kappa shape index (κ3) is 6.42. The molecule has 1 atom stereocenters. The summed E-state index contributed by atoms with van der Waals surface area (Å²) in [6.45, 7) is 0.725. The van der Waals surface area contributed by atoms with Crippen molar-refractivity contribution >= 4 is 0 Å². The first-order chi connectivity index (χ1) is 8.38. The Kier molecular flexibility index (Phi) is 8.72. The predicted molar refractivity (Wildman–Crippen MR) is 71.9 cm³/mol. The standard InChI is InChI=1S/C15H30O2/c16-12-8-3-1-2-5-11-15(13-17)14-9-6-4-7-10-14/h14-17H,1-13H2. The second kappa shape index (κ2) is 9.90. The van der Waals surface area contributed by atoms with Crippen LogP contribution in [0.15, 0.2) is 0 Å². The molecule has 0 bridgehead atoms. The van der Waals surface area contributed by atoms with Crippen molar-refractivity contribution in [1.29, 1.82) is 0 Å². The largest absolute Gasteiger partial charge is 0.396 e. The van der Waals surface area contributed by atoms with Gasteiger partial charge in [-0.3, -0.25) is 0 Å².